The highest BCUT2D eigenvalue weighted by Gasteiger charge is 2.22. The quantitative estimate of drug-likeness (QED) is 0.888. The summed E-state index contributed by atoms with van der Waals surface area (Å²) in [5.74, 6) is 0.468. The van der Waals surface area contributed by atoms with Gasteiger partial charge in [-0.3, -0.25) is 0 Å². The van der Waals surface area contributed by atoms with Gasteiger partial charge in [-0.1, -0.05) is 18.2 Å². The maximum atomic E-state index is 12.8. The number of nitrogens with one attached hydrogen (secondary N) is 2. The molecule has 1 unspecified atom stereocenters. The van der Waals surface area contributed by atoms with Crippen LogP contribution in [0.25, 0.3) is 0 Å². The molecule has 0 saturated carbocycles. The Morgan fingerprint density at radius 2 is 1.90 bits per heavy atom. The summed E-state index contributed by atoms with van der Waals surface area (Å²) < 4.78 is 18.4. The third-order valence-corrected chi connectivity index (χ3v) is 3.37. The topological polar surface area (TPSA) is 50.4 Å². The first-order valence-corrected chi connectivity index (χ1v) is 6.77. The summed E-state index contributed by atoms with van der Waals surface area (Å²) in [7, 11) is 0. The van der Waals surface area contributed by atoms with Crippen LogP contribution in [0.2, 0.25) is 0 Å². The van der Waals surface area contributed by atoms with Gasteiger partial charge in [0, 0.05) is 17.7 Å². The standard InChI is InChI=1S/C16H15FN2O2/c17-11-5-7-12(8-6-11)18-16(20)19-14-9-10-21-15-4-2-1-3-13(14)15/h1-8,14H,9-10H2,(H2,18,19,20). The molecule has 1 heterocycles. The van der Waals surface area contributed by atoms with Crippen molar-refractivity contribution in [2.75, 3.05) is 11.9 Å². The number of carbonyl (C=O) groups is 1. The number of hydrogen-bond donors (Lipinski definition) is 2. The molecule has 0 fully saturated rings. The first-order valence-electron chi connectivity index (χ1n) is 6.77. The zero-order valence-electron chi connectivity index (χ0n) is 11.3. The molecule has 108 valence electrons. The van der Waals surface area contributed by atoms with Crippen LogP contribution in [-0.4, -0.2) is 12.6 Å². The lowest BCUT2D eigenvalue weighted by atomic mass is 10.0. The van der Waals surface area contributed by atoms with E-state index in [1.165, 1.54) is 24.3 Å². The molecule has 0 aliphatic carbocycles. The van der Waals surface area contributed by atoms with Crippen molar-refractivity contribution in [1.82, 2.24) is 5.32 Å². The molecular formula is C16H15FN2O2. The fourth-order valence-electron chi connectivity index (χ4n) is 2.35. The summed E-state index contributed by atoms with van der Waals surface area (Å²) in [6, 6.07) is 12.9. The molecule has 2 aromatic rings. The third kappa shape index (κ3) is 3.13. The molecule has 1 atom stereocenters. The molecule has 1 aliphatic heterocycles. The molecule has 1 aliphatic rings. The maximum absolute atomic E-state index is 12.8. The number of hydrogen-bond acceptors (Lipinski definition) is 2. The smallest absolute Gasteiger partial charge is 0.319 e. The lowest BCUT2D eigenvalue weighted by Crippen LogP contribution is -2.35. The Morgan fingerprint density at radius 3 is 2.71 bits per heavy atom. The van der Waals surface area contributed by atoms with E-state index in [0.29, 0.717) is 18.7 Å². The van der Waals surface area contributed by atoms with E-state index >= 15 is 0 Å². The van der Waals surface area contributed by atoms with Crippen LogP contribution in [-0.2, 0) is 0 Å². The van der Waals surface area contributed by atoms with Crippen molar-refractivity contribution in [3.63, 3.8) is 0 Å². The Bertz CT molecular complexity index is 643. The Kier molecular flexibility index (Phi) is 3.73. The highest BCUT2D eigenvalue weighted by atomic mass is 19.1. The largest absolute Gasteiger partial charge is 0.493 e. The van der Waals surface area contributed by atoms with Crippen LogP contribution in [0.1, 0.15) is 18.0 Å². The normalized spacial score (nSPS) is 16.5. The van der Waals surface area contributed by atoms with E-state index in [-0.39, 0.29) is 17.9 Å². The van der Waals surface area contributed by atoms with Gasteiger partial charge in [-0.25, -0.2) is 9.18 Å². The maximum Gasteiger partial charge on any atom is 0.319 e. The van der Waals surface area contributed by atoms with Crippen molar-refractivity contribution in [3.05, 3.63) is 59.9 Å². The second-order valence-corrected chi connectivity index (χ2v) is 4.83. The number of anilines is 1. The molecule has 2 amide bonds. The van der Waals surface area contributed by atoms with Crippen molar-refractivity contribution in [2.45, 2.75) is 12.5 Å². The zero-order chi connectivity index (χ0) is 14.7. The van der Waals surface area contributed by atoms with Crippen LogP contribution in [0, 0.1) is 5.82 Å². The number of fused-ring (bicyclic) bond motifs is 1. The molecule has 2 aromatic carbocycles. The highest BCUT2D eigenvalue weighted by Crippen LogP contribution is 2.31. The highest BCUT2D eigenvalue weighted by molar-refractivity contribution is 5.89. The molecule has 0 bridgehead atoms. The van der Waals surface area contributed by atoms with Crippen LogP contribution in [0.5, 0.6) is 5.75 Å². The Hall–Kier alpha value is -2.56. The fourth-order valence-corrected chi connectivity index (χ4v) is 2.35. The van der Waals surface area contributed by atoms with Crippen LogP contribution in [0.15, 0.2) is 48.5 Å². The van der Waals surface area contributed by atoms with Gasteiger partial charge < -0.3 is 15.4 Å². The Labute approximate surface area is 121 Å². The number of urea groups is 1. The fraction of sp³-hybridized carbons (Fsp3) is 0.188. The predicted molar refractivity (Wildman–Crippen MR) is 77.8 cm³/mol. The van der Waals surface area contributed by atoms with Crippen LogP contribution in [0.3, 0.4) is 0 Å². The van der Waals surface area contributed by atoms with Gasteiger partial charge in [0.2, 0.25) is 0 Å². The zero-order valence-corrected chi connectivity index (χ0v) is 11.3. The van der Waals surface area contributed by atoms with Gasteiger partial charge in [0.1, 0.15) is 11.6 Å². The van der Waals surface area contributed by atoms with Crippen molar-refractivity contribution in [2.24, 2.45) is 0 Å². The average molecular weight is 286 g/mol. The molecule has 0 radical (unpaired) electrons. The summed E-state index contributed by atoms with van der Waals surface area (Å²) >= 11 is 0. The minimum absolute atomic E-state index is 0.0876. The molecule has 0 saturated heterocycles. The number of carbonyl (C=O) groups excluding carboxylic acids is 1. The summed E-state index contributed by atoms with van der Waals surface area (Å²) in [5, 5.41) is 5.60. The molecule has 5 heteroatoms. The molecule has 3 rings (SSSR count). The first kappa shape index (κ1) is 13.4. The minimum Gasteiger partial charge on any atom is -0.493 e. The van der Waals surface area contributed by atoms with E-state index < -0.39 is 0 Å². The molecule has 0 spiro atoms. The van der Waals surface area contributed by atoms with Gasteiger partial charge in [-0.2, -0.15) is 0 Å². The third-order valence-electron chi connectivity index (χ3n) is 3.37. The number of halogens is 1. The molecule has 2 N–H and O–H groups in total. The summed E-state index contributed by atoms with van der Waals surface area (Å²) in [5.41, 5.74) is 1.52. The van der Waals surface area contributed by atoms with E-state index in [1.807, 2.05) is 24.3 Å². The van der Waals surface area contributed by atoms with Crippen LogP contribution >= 0.6 is 0 Å². The van der Waals surface area contributed by atoms with Crippen molar-refractivity contribution in [3.8, 4) is 5.75 Å². The number of amides is 2. The van der Waals surface area contributed by atoms with Gasteiger partial charge in [0.15, 0.2) is 0 Å². The van der Waals surface area contributed by atoms with E-state index in [1.54, 1.807) is 0 Å². The minimum atomic E-state index is -0.334. The molecule has 0 aromatic heterocycles. The summed E-state index contributed by atoms with van der Waals surface area (Å²) in [4.78, 5) is 12.0. The number of ether oxygens (including phenoxy) is 1. The number of para-hydroxylation sites is 1. The number of rotatable bonds is 2. The van der Waals surface area contributed by atoms with Gasteiger partial charge in [-0.15, -0.1) is 0 Å². The van der Waals surface area contributed by atoms with Gasteiger partial charge in [-0.05, 0) is 30.3 Å². The summed E-state index contributed by atoms with van der Waals surface area (Å²) in [6.45, 7) is 0.568. The van der Waals surface area contributed by atoms with Crippen LogP contribution < -0.4 is 15.4 Å². The van der Waals surface area contributed by atoms with Crippen molar-refractivity contribution >= 4 is 11.7 Å². The first-order chi connectivity index (χ1) is 10.2. The molecular weight excluding hydrogens is 271 g/mol. The Morgan fingerprint density at radius 1 is 1.14 bits per heavy atom. The molecule has 21 heavy (non-hydrogen) atoms. The van der Waals surface area contributed by atoms with E-state index in [2.05, 4.69) is 10.6 Å². The van der Waals surface area contributed by atoms with Gasteiger partial charge in [0.05, 0.1) is 12.6 Å². The second-order valence-electron chi connectivity index (χ2n) is 4.83. The monoisotopic (exact) mass is 286 g/mol. The average Bonchev–Trinajstić information content (AvgIpc) is 2.50. The predicted octanol–water partition coefficient (Wildman–Crippen LogP) is 3.47. The van der Waals surface area contributed by atoms with Gasteiger partial charge >= 0.3 is 6.03 Å². The summed E-state index contributed by atoms with van der Waals surface area (Å²) in [6.07, 6.45) is 0.716. The lowest BCUT2D eigenvalue weighted by Gasteiger charge is -2.26. The van der Waals surface area contributed by atoms with Gasteiger partial charge in [0.25, 0.3) is 0 Å². The Balaban J connectivity index is 1.67. The van der Waals surface area contributed by atoms with Crippen LogP contribution in [0.4, 0.5) is 14.9 Å². The molecule has 4 nitrogen and oxygen atoms in total. The number of benzene rings is 2. The SMILES string of the molecule is O=C(Nc1ccc(F)cc1)NC1CCOc2ccccc21. The van der Waals surface area contributed by atoms with E-state index in [4.69, 9.17) is 4.74 Å². The lowest BCUT2D eigenvalue weighted by molar-refractivity contribution is 0.232. The van der Waals surface area contributed by atoms with Crippen molar-refractivity contribution < 1.29 is 13.9 Å². The van der Waals surface area contributed by atoms with E-state index in [0.717, 1.165) is 11.3 Å². The van der Waals surface area contributed by atoms with E-state index in [9.17, 15) is 9.18 Å². The van der Waals surface area contributed by atoms with Crippen molar-refractivity contribution in [1.29, 1.82) is 0 Å². The second kappa shape index (κ2) is 5.83.